The Balaban J connectivity index is 1.43. The Bertz CT molecular complexity index is 905. The molecule has 1 aliphatic carbocycles. The molecule has 0 aliphatic heterocycles. The van der Waals surface area contributed by atoms with E-state index in [1.807, 2.05) is 6.07 Å². The number of aliphatic hydroxyl groups is 1. The van der Waals surface area contributed by atoms with Crippen LogP contribution in [0.25, 0.3) is 0 Å². The van der Waals surface area contributed by atoms with Crippen molar-refractivity contribution in [1.82, 2.24) is 0 Å². The van der Waals surface area contributed by atoms with Crippen molar-refractivity contribution in [2.45, 2.75) is 45.1 Å². The summed E-state index contributed by atoms with van der Waals surface area (Å²) < 4.78 is 11.6. The zero-order chi connectivity index (χ0) is 23.8. The third-order valence-corrected chi connectivity index (χ3v) is 6.72. The largest absolute Gasteiger partial charge is 0.491 e. The molecule has 0 saturated heterocycles. The average Bonchev–Trinajstić information content (AvgIpc) is 3.19. The van der Waals surface area contributed by atoms with Crippen molar-refractivity contribution < 1.29 is 23.9 Å². The minimum Gasteiger partial charge on any atom is -0.491 e. The maximum Gasteiger partial charge on any atom is 0.306 e. The van der Waals surface area contributed by atoms with E-state index in [9.17, 15) is 9.90 Å². The topological polar surface area (TPSA) is 55.8 Å². The number of hydrogen-bond acceptors (Lipinski definition) is 4. The smallest absolute Gasteiger partial charge is 0.306 e. The molecular formula is C27H37ClNO4+. The van der Waals surface area contributed by atoms with E-state index in [1.54, 1.807) is 19.1 Å². The van der Waals surface area contributed by atoms with Gasteiger partial charge in [0.2, 0.25) is 0 Å². The molecule has 2 aromatic rings. The van der Waals surface area contributed by atoms with E-state index in [2.05, 4.69) is 38.4 Å². The van der Waals surface area contributed by atoms with Crippen LogP contribution in [0.15, 0.2) is 42.5 Å². The van der Waals surface area contributed by atoms with Crippen molar-refractivity contribution >= 4 is 17.6 Å². The van der Waals surface area contributed by atoms with Gasteiger partial charge in [-0.15, -0.1) is 0 Å². The minimum absolute atomic E-state index is 0.218. The molecule has 1 N–H and O–H groups in total. The highest BCUT2D eigenvalue weighted by Crippen LogP contribution is 2.29. The van der Waals surface area contributed by atoms with Crippen molar-refractivity contribution in [2.24, 2.45) is 5.92 Å². The Hall–Kier alpha value is -2.08. The molecule has 2 aromatic carbocycles. The number of aryl methyl sites for hydroxylation is 1. The maximum absolute atomic E-state index is 11.6. The highest BCUT2D eigenvalue weighted by molar-refractivity contribution is 6.31. The van der Waals surface area contributed by atoms with Gasteiger partial charge >= 0.3 is 5.97 Å². The number of rotatable bonds is 12. The van der Waals surface area contributed by atoms with E-state index in [0.29, 0.717) is 36.3 Å². The van der Waals surface area contributed by atoms with Crippen LogP contribution in [0.4, 0.5) is 0 Å². The number of carbonyl (C=O) groups excluding carboxylic acids is 1. The first-order chi connectivity index (χ1) is 15.8. The molecule has 0 heterocycles. The van der Waals surface area contributed by atoms with Crippen molar-refractivity contribution in [3.8, 4) is 5.75 Å². The van der Waals surface area contributed by atoms with Gasteiger partial charge in [0.05, 0.1) is 27.2 Å². The second-order valence-electron chi connectivity index (χ2n) is 9.70. The van der Waals surface area contributed by atoms with Crippen molar-refractivity contribution in [1.29, 1.82) is 0 Å². The summed E-state index contributed by atoms with van der Waals surface area (Å²) in [4.78, 5) is 11.6. The fourth-order valence-corrected chi connectivity index (χ4v) is 4.81. The molecule has 0 amide bonds. The summed E-state index contributed by atoms with van der Waals surface area (Å²) in [5, 5.41) is 11.2. The monoisotopic (exact) mass is 474 g/mol. The van der Waals surface area contributed by atoms with Gasteiger partial charge in [0.15, 0.2) is 0 Å². The minimum atomic E-state index is -0.570. The third-order valence-electron chi connectivity index (χ3n) is 6.35. The van der Waals surface area contributed by atoms with Crippen LogP contribution in [0.3, 0.4) is 0 Å². The van der Waals surface area contributed by atoms with Gasteiger partial charge in [0, 0.05) is 17.9 Å². The molecule has 0 fully saturated rings. The third kappa shape index (κ3) is 8.02. The normalized spacial score (nSPS) is 14.7. The van der Waals surface area contributed by atoms with E-state index in [4.69, 9.17) is 21.1 Å². The average molecular weight is 475 g/mol. The summed E-state index contributed by atoms with van der Waals surface area (Å²) in [7, 11) is 4.34. The van der Waals surface area contributed by atoms with Gasteiger partial charge in [-0.2, -0.15) is 0 Å². The molecule has 0 unspecified atom stereocenters. The number of aliphatic hydroxyl groups excluding tert-OH is 1. The number of fused-ring (bicyclic) bond motifs is 1. The second kappa shape index (κ2) is 11.9. The summed E-state index contributed by atoms with van der Waals surface area (Å²) >= 11 is 6.27. The lowest BCUT2D eigenvalue weighted by Crippen LogP contribution is -2.48. The number of nitrogens with zero attached hydrogens (tertiary/aromatic N) is 1. The molecule has 6 heteroatoms. The summed E-state index contributed by atoms with van der Waals surface area (Å²) in [5.74, 6) is 1.10. The lowest BCUT2D eigenvalue weighted by Gasteiger charge is -2.32. The lowest BCUT2D eigenvalue weighted by atomic mass is 10.0. The van der Waals surface area contributed by atoms with Crippen molar-refractivity contribution in [3.05, 3.63) is 64.2 Å². The highest BCUT2D eigenvalue weighted by Gasteiger charge is 2.26. The van der Waals surface area contributed by atoms with Gasteiger partial charge in [-0.1, -0.05) is 35.9 Å². The van der Waals surface area contributed by atoms with E-state index in [1.165, 1.54) is 11.1 Å². The quantitative estimate of drug-likeness (QED) is 0.364. The first-order valence-electron chi connectivity index (χ1n) is 11.9. The van der Waals surface area contributed by atoms with Crippen LogP contribution in [0.5, 0.6) is 5.75 Å². The molecule has 33 heavy (non-hydrogen) atoms. The van der Waals surface area contributed by atoms with Crippen LogP contribution >= 0.6 is 11.6 Å². The fraction of sp³-hybridized carbons (Fsp3) is 0.519. The Labute approximate surface area is 202 Å². The van der Waals surface area contributed by atoms with Gasteiger partial charge in [-0.3, -0.25) is 4.79 Å². The molecule has 180 valence electrons. The van der Waals surface area contributed by atoms with Gasteiger partial charge in [0.1, 0.15) is 25.0 Å². The number of benzene rings is 2. The summed E-state index contributed by atoms with van der Waals surface area (Å²) in [5.41, 5.74) is 3.82. The fourth-order valence-electron chi connectivity index (χ4n) is 4.60. The molecule has 0 spiro atoms. The summed E-state index contributed by atoms with van der Waals surface area (Å²) in [6.45, 7) is 4.03. The van der Waals surface area contributed by atoms with Crippen molar-refractivity contribution in [2.75, 3.05) is 40.4 Å². The summed E-state index contributed by atoms with van der Waals surface area (Å²) in [6.07, 6.45) is 3.67. The van der Waals surface area contributed by atoms with E-state index >= 15 is 0 Å². The SMILES string of the molecule is CCOC(=O)CCc1cc(OC[C@H](O)C[N+](C)(C)CCC2Cc3ccccc3C2)ccc1Cl. The lowest BCUT2D eigenvalue weighted by molar-refractivity contribution is -0.894. The Kier molecular flexibility index (Phi) is 9.19. The molecule has 1 atom stereocenters. The summed E-state index contributed by atoms with van der Waals surface area (Å²) in [6, 6.07) is 14.1. The molecule has 1 aliphatic rings. The zero-order valence-electron chi connectivity index (χ0n) is 20.1. The molecule has 5 nitrogen and oxygen atoms in total. The number of carbonyl (C=O) groups is 1. The predicted molar refractivity (Wildman–Crippen MR) is 132 cm³/mol. The number of hydrogen-bond donors (Lipinski definition) is 1. The maximum atomic E-state index is 11.6. The molecule has 0 radical (unpaired) electrons. The standard InChI is InChI=1S/C27H37ClNO4/c1-4-32-27(31)12-9-23-17-25(10-11-26(23)28)33-19-24(30)18-29(2,3)14-13-20-15-21-7-5-6-8-22(21)16-20/h5-8,10-11,17,20,24,30H,4,9,12-16,18-19H2,1-3H3/q+1/t24-/m1/s1. The van der Waals surface area contributed by atoms with Crippen LogP contribution in [0.1, 0.15) is 36.5 Å². The predicted octanol–water partition coefficient (Wildman–Crippen LogP) is 4.46. The molecule has 0 saturated carbocycles. The van der Waals surface area contributed by atoms with Crippen molar-refractivity contribution in [3.63, 3.8) is 0 Å². The molecule has 0 aromatic heterocycles. The van der Waals surface area contributed by atoms with Gasteiger partial charge in [-0.05, 0) is 67.0 Å². The number of quaternary nitrogens is 1. The van der Waals surface area contributed by atoms with Crippen LogP contribution in [-0.4, -0.2) is 62.1 Å². The number of likely N-dealkylation sites (N-methyl/N-ethyl adjacent to an activating group) is 1. The van der Waals surface area contributed by atoms with Gasteiger partial charge in [-0.25, -0.2) is 0 Å². The first-order valence-corrected chi connectivity index (χ1v) is 12.3. The van der Waals surface area contributed by atoms with Gasteiger partial charge in [0.25, 0.3) is 0 Å². The first kappa shape index (κ1) is 25.5. The number of esters is 1. The second-order valence-corrected chi connectivity index (χ2v) is 10.1. The zero-order valence-corrected chi connectivity index (χ0v) is 20.8. The highest BCUT2D eigenvalue weighted by atomic mass is 35.5. The van der Waals surface area contributed by atoms with Crippen LogP contribution < -0.4 is 4.74 Å². The van der Waals surface area contributed by atoms with Crippen LogP contribution in [-0.2, 0) is 28.8 Å². The Morgan fingerprint density at radius 1 is 1.18 bits per heavy atom. The van der Waals surface area contributed by atoms with Crippen LogP contribution in [0.2, 0.25) is 5.02 Å². The molecular weight excluding hydrogens is 438 g/mol. The number of halogens is 1. The van der Waals surface area contributed by atoms with E-state index in [0.717, 1.165) is 35.9 Å². The van der Waals surface area contributed by atoms with Gasteiger partial charge < -0.3 is 19.1 Å². The number of ether oxygens (including phenoxy) is 2. The molecule has 3 rings (SSSR count). The Morgan fingerprint density at radius 2 is 1.88 bits per heavy atom. The van der Waals surface area contributed by atoms with E-state index in [-0.39, 0.29) is 19.0 Å². The molecule has 0 bridgehead atoms. The van der Waals surface area contributed by atoms with E-state index < -0.39 is 6.10 Å². The Morgan fingerprint density at radius 3 is 2.55 bits per heavy atom. The van der Waals surface area contributed by atoms with Crippen LogP contribution in [0, 0.1) is 5.92 Å².